The molecule has 1 aromatic rings. The number of nitrogens with one attached hydrogen (secondary N) is 1. The minimum atomic E-state index is -0.0450. The maximum absolute atomic E-state index is 10.9. The molecule has 0 saturated carbocycles. The first-order valence-corrected chi connectivity index (χ1v) is 5.34. The monoisotopic (exact) mass is 279 g/mol. The van der Waals surface area contributed by atoms with Crippen LogP contribution in [0.4, 0.5) is 0 Å². The Balaban J connectivity index is 3.12. The van der Waals surface area contributed by atoms with Gasteiger partial charge in [0.25, 0.3) is 0 Å². The fourth-order valence-corrected chi connectivity index (χ4v) is 1.44. The Morgan fingerprint density at radius 1 is 1.27 bits per heavy atom. The van der Waals surface area contributed by atoms with Gasteiger partial charge in [0.15, 0.2) is 0 Å². The second kappa shape index (κ2) is 4.07. The number of hydrogen-bond acceptors (Lipinski definition) is 1. The molecule has 0 atom stereocenters. The van der Waals surface area contributed by atoms with Crippen molar-refractivity contribution in [2.24, 2.45) is 0 Å². The number of aromatic amines is 1. The van der Waals surface area contributed by atoms with Crippen LogP contribution in [0.3, 0.4) is 0 Å². The van der Waals surface area contributed by atoms with E-state index >= 15 is 0 Å². The van der Waals surface area contributed by atoms with Gasteiger partial charge in [0.1, 0.15) is 0 Å². The molecule has 0 saturated heterocycles. The third kappa shape index (κ3) is 2.45. The van der Waals surface area contributed by atoms with Crippen LogP contribution < -0.4 is 5.56 Å². The molecule has 0 aromatic carbocycles. The van der Waals surface area contributed by atoms with E-state index in [4.69, 9.17) is 0 Å². The zero-order chi connectivity index (χ0) is 8.27. The fraction of sp³-hybridized carbons (Fsp3) is 0.286. The van der Waals surface area contributed by atoms with Gasteiger partial charge in [-0.05, 0) is 11.6 Å². The second-order valence-corrected chi connectivity index (χ2v) is 3.27. The molecule has 0 aliphatic carbocycles. The molecule has 4 heteroatoms. The lowest BCUT2D eigenvalue weighted by Crippen LogP contribution is -2.07. The summed E-state index contributed by atoms with van der Waals surface area (Å²) in [6, 6.07) is 3.53. The third-order valence-corrected chi connectivity index (χ3v) is 2.51. The van der Waals surface area contributed by atoms with E-state index < -0.39 is 0 Å². The molecule has 60 valence electrons. The van der Waals surface area contributed by atoms with Gasteiger partial charge in [-0.15, -0.1) is 0 Å². The van der Waals surface area contributed by atoms with Crippen LogP contribution in [-0.4, -0.2) is 4.98 Å². The standard InChI is InChI=1S/C7H7Br2NO/c8-3-5-1-6(4-9)10-7(11)2-5/h1-2H,3-4H2,(H,10,11). The van der Waals surface area contributed by atoms with Crippen molar-refractivity contribution in [1.29, 1.82) is 0 Å². The molecule has 11 heavy (non-hydrogen) atoms. The smallest absolute Gasteiger partial charge is 0.248 e. The summed E-state index contributed by atoms with van der Waals surface area (Å²) in [5, 5.41) is 1.40. The first kappa shape index (κ1) is 9.00. The summed E-state index contributed by atoms with van der Waals surface area (Å²) in [6.45, 7) is 0. The van der Waals surface area contributed by atoms with Crippen LogP contribution in [0.2, 0.25) is 0 Å². The average molecular weight is 281 g/mol. The quantitative estimate of drug-likeness (QED) is 0.828. The molecule has 0 amide bonds. The lowest BCUT2D eigenvalue weighted by molar-refractivity contribution is 1.11. The number of alkyl halides is 2. The van der Waals surface area contributed by atoms with Gasteiger partial charge in [0.05, 0.1) is 0 Å². The van der Waals surface area contributed by atoms with E-state index in [0.29, 0.717) is 5.33 Å². The first-order valence-electron chi connectivity index (χ1n) is 3.10. The summed E-state index contributed by atoms with van der Waals surface area (Å²) < 4.78 is 0. The van der Waals surface area contributed by atoms with E-state index in [1.807, 2.05) is 6.07 Å². The van der Waals surface area contributed by atoms with Crippen molar-refractivity contribution < 1.29 is 0 Å². The van der Waals surface area contributed by atoms with Crippen molar-refractivity contribution in [1.82, 2.24) is 4.98 Å². The Morgan fingerprint density at radius 2 is 2.00 bits per heavy atom. The molecule has 0 aliphatic rings. The zero-order valence-electron chi connectivity index (χ0n) is 5.73. The summed E-state index contributed by atoms with van der Waals surface area (Å²) in [5.41, 5.74) is 1.87. The average Bonchev–Trinajstić information content (AvgIpc) is 2.03. The van der Waals surface area contributed by atoms with Crippen molar-refractivity contribution in [3.05, 3.63) is 33.7 Å². The Kier molecular flexibility index (Phi) is 3.33. The number of H-pyrrole nitrogens is 1. The van der Waals surface area contributed by atoms with Gasteiger partial charge in [-0.3, -0.25) is 4.79 Å². The van der Waals surface area contributed by atoms with Crippen LogP contribution in [-0.2, 0) is 10.7 Å². The van der Waals surface area contributed by atoms with Gasteiger partial charge in [-0.25, -0.2) is 0 Å². The molecule has 0 bridgehead atoms. The molecular weight excluding hydrogens is 274 g/mol. The molecular formula is C7H7Br2NO. The molecule has 1 aromatic heterocycles. The Morgan fingerprint density at radius 3 is 2.55 bits per heavy atom. The first-order chi connectivity index (χ1) is 5.26. The van der Waals surface area contributed by atoms with Crippen LogP contribution >= 0.6 is 31.9 Å². The molecule has 0 spiro atoms. The van der Waals surface area contributed by atoms with Gasteiger partial charge in [0, 0.05) is 22.4 Å². The Labute approximate surface area is 81.3 Å². The van der Waals surface area contributed by atoms with Crippen molar-refractivity contribution in [3.63, 3.8) is 0 Å². The molecule has 1 rings (SSSR count). The van der Waals surface area contributed by atoms with Crippen molar-refractivity contribution in [2.45, 2.75) is 10.7 Å². The number of halogens is 2. The third-order valence-electron chi connectivity index (χ3n) is 1.26. The highest BCUT2D eigenvalue weighted by molar-refractivity contribution is 9.08. The van der Waals surface area contributed by atoms with Gasteiger partial charge < -0.3 is 4.98 Å². The van der Waals surface area contributed by atoms with Gasteiger partial charge in [-0.2, -0.15) is 0 Å². The van der Waals surface area contributed by atoms with Gasteiger partial charge in [0.2, 0.25) is 5.56 Å². The summed E-state index contributed by atoms with van der Waals surface area (Å²) in [5.74, 6) is 0. The highest BCUT2D eigenvalue weighted by Crippen LogP contribution is 2.06. The normalized spacial score (nSPS) is 10.0. The van der Waals surface area contributed by atoms with Gasteiger partial charge >= 0.3 is 0 Å². The highest BCUT2D eigenvalue weighted by Gasteiger charge is 1.95. The van der Waals surface area contributed by atoms with E-state index in [1.54, 1.807) is 6.07 Å². The summed E-state index contributed by atoms with van der Waals surface area (Å²) in [7, 11) is 0. The molecule has 1 N–H and O–H groups in total. The van der Waals surface area contributed by atoms with Crippen LogP contribution in [0, 0.1) is 0 Å². The van der Waals surface area contributed by atoms with E-state index in [1.165, 1.54) is 0 Å². The summed E-state index contributed by atoms with van der Waals surface area (Å²) in [6.07, 6.45) is 0. The minimum Gasteiger partial charge on any atom is -0.325 e. The number of aromatic nitrogens is 1. The molecule has 0 fully saturated rings. The summed E-state index contributed by atoms with van der Waals surface area (Å²) in [4.78, 5) is 13.6. The molecule has 0 unspecified atom stereocenters. The topological polar surface area (TPSA) is 32.9 Å². The van der Waals surface area contributed by atoms with Crippen molar-refractivity contribution in [2.75, 3.05) is 0 Å². The maximum Gasteiger partial charge on any atom is 0.248 e. The van der Waals surface area contributed by atoms with Crippen LogP contribution in [0.25, 0.3) is 0 Å². The molecule has 2 nitrogen and oxygen atoms in total. The zero-order valence-corrected chi connectivity index (χ0v) is 8.91. The molecule has 0 aliphatic heterocycles. The van der Waals surface area contributed by atoms with Crippen molar-refractivity contribution >= 4 is 31.9 Å². The SMILES string of the molecule is O=c1cc(CBr)cc(CBr)[nH]1. The van der Waals surface area contributed by atoms with Crippen LogP contribution in [0.15, 0.2) is 16.9 Å². The van der Waals surface area contributed by atoms with Crippen LogP contribution in [0.5, 0.6) is 0 Å². The van der Waals surface area contributed by atoms with E-state index in [-0.39, 0.29) is 5.56 Å². The fourth-order valence-electron chi connectivity index (χ4n) is 0.813. The number of hydrogen-bond donors (Lipinski definition) is 1. The van der Waals surface area contributed by atoms with Crippen molar-refractivity contribution in [3.8, 4) is 0 Å². The predicted molar refractivity (Wildman–Crippen MR) is 52.3 cm³/mol. The Bertz CT molecular complexity index is 269. The molecule has 0 radical (unpaired) electrons. The largest absolute Gasteiger partial charge is 0.325 e. The van der Waals surface area contributed by atoms with E-state index in [9.17, 15) is 4.79 Å². The number of rotatable bonds is 2. The minimum absolute atomic E-state index is 0.0450. The second-order valence-electron chi connectivity index (χ2n) is 2.15. The summed E-state index contributed by atoms with van der Waals surface area (Å²) >= 11 is 6.56. The van der Waals surface area contributed by atoms with E-state index in [2.05, 4.69) is 36.8 Å². The highest BCUT2D eigenvalue weighted by atomic mass is 79.9. The Hall–Kier alpha value is -0.0900. The number of pyridine rings is 1. The molecule has 1 heterocycles. The van der Waals surface area contributed by atoms with Gasteiger partial charge in [-0.1, -0.05) is 31.9 Å². The lowest BCUT2D eigenvalue weighted by atomic mass is 10.2. The maximum atomic E-state index is 10.9. The predicted octanol–water partition coefficient (Wildman–Crippen LogP) is 2.16. The van der Waals surface area contributed by atoms with Crippen LogP contribution in [0.1, 0.15) is 11.3 Å². The lowest BCUT2D eigenvalue weighted by Gasteiger charge is -1.97. The van der Waals surface area contributed by atoms with E-state index in [0.717, 1.165) is 16.6 Å².